The van der Waals surface area contributed by atoms with E-state index < -0.39 is 47.8 Å². The molecule has 0 fully saturated rings. The number of hydrogen-bond donors (Lipinski definition) is 2. The van der Waals surface area contributed by atoms with Gasteiger partial charge in [-0.1, -0.05) is 66.2 Å². The van der Waals surface area contributed by atoms with E-state index in [-0.39, 0.29) is 34.4 Å². The number of ether oxygens (including phenoxy) is 4. The summed E-state index contributed by atoms with van der Waals surface area (Å²) < 4.78 is 21.7. The van der Waals surface area contributed by atoms with Crippen LogP contribution in [0, 0.1) is 11.8 Å². The van der Waals surface area contributed by atoms with Crippen LogP contribution in [0.4, 0.5) is 0 Å². The van der Waals surface area contributed by atoms with E-state index in [2.05, 4.69) is 51.0 Å². The summed E-state index contributed by atoms with van der Waals surface area (Å²) in [6.45, 7) is 17.8. The summed E-state index contributed by atoms with van der Waals surface area (Å²) in [6.07, 6.45) is 32.4. The Labute approximate surface area is 424 Å². The number of carbonyl (C=O) groups excluding carboxylic acids is 6. The molecule has 69 heavy (non-hydrogen) atoms. The Morgan fingerprint density at radius 2 is 0.696 bits per heavy atom. The Balaban J connectivity index is -0.000000251. The largest absolute Gasteiger partial charge is 0.478 e. The van der Waals surface area contributed by atoms with Gasteiger partial charge in [-0.3, -0.25) is 0 Å². The van der Waals surface area contributed by atoms with Crippen LogP contribution in [0.5, 0.6) is 0 Å². The number of carboxylic acids is 4. The van der Waals surface area contributed by atoms with Gasteiger partial charge in [-0.2, -0.15) is 0 Å². The van der Waals surface area contributed by atoms with E-state index in [1.54, 1.807) is 35.6 Å². The molecule has 0 bridgehead atoms. The predicted molar refractivity (Wildman–Crippen MR) is 266 cm³/mol. The molecule has 17 heteroatoms. The number of hydrogen-bond acceptors (Lipinski definition) is 14. The van der Waals surface area contributed by atoms with Crippen LogP contribution in [0.25, 0.3) is 0 Å². The Kier molecular flexibility index (Phi) is 63.5. The van der Waals surface area contributed by atoms with Crippen molar-refractivity contribution in [2.75, 3.05) is 26.4 Å². The molecule has 16 nitrogen and oxygen atoms in total. The number of rotatable bonds is 36. The van der Waals surface area contributed by atoms with Crippen molar-refractivity contribution in [3.05, 3.63) is 48.6 Å². The molecule has 0 aromatic heterocycles. The van der Waals surface area contributed by atoms with Crippen LogP contribution in [0.15, 0.2) is 48.6 Å². The zero-order valence-corrected chi connectivity index (χ0v) is 46.1. The number of carboxylic acid groups (broad SMARTS) is 4. The van der Waals surface area contributed by atoms with Crippen LogP contribution in [-0.2, 0) is 57.3 Å². The molecule has 0 spiro atoms. The molecule has 0 aliphatic carbocycles. The zero-order chi connectivity index (χ0) is 53.4. The molecule has 0 amide bonds. The van der Waals surface area contributed by atoms with Gasteiger partial charge in [-0.25, -0.2) is 28.8 Å². The molecule has 0 atom stereocenters. The number of carbonyl (C=O) groups is 8. The van der Waals surface area contributed by atoms with Gasteiger partial charge in [0, 0.05) is 36.5 Å². The van der Waals surface area contributed by atoms with Crippen LogP contribution >= 0.6 is 0 Å². The third-order valence-corrected chi connectivity index (χ3v) is 12.8. The number of unbranched alkanes of at least 4 members (excludes halogenated alkanes) is 14. The van der Waals surface area contributed by atoms with Gasteiger partial charge in [0.25, 0.3) is 0 Å². The molecule has 2 N–H and O–H groups in total. The first-order valence-electron chi connectivity index (χ1n) is 24.8. The third-order valence-electron chi connectivity index (χ3n) is 8.76. The maximum absolute atomic E-state index is 10.9. The fraction of sp³-hybridized carbons (Fsp3) is 0.692. The summed E-state index contributed by atoms with van der Waals surface area (Å²) >= 11 is 0.0736. The van der Waals surface area contributed by atoms with Gasteiger partial charge in [0.05, 0.1) is 38.4 Å². The monoisotopic (exact) mass is 1090 g/mol. The molecular weight excluding hydrogens is 999 g/mol. The minimum Gasteiger partial charge on any atom is -0.478 e. The molecule has 396 valence electrons. The van der Waals surface area contributed by atoms with Crippen molar-refractivity contribution in [1.29, 1.82) is 0 Å². The molecule has 0 heterocycles. The predicted octanol–water partition coefficient (Wildman–Crippen LogP) is 8.73. The normalized spacial score (nSPS) is 10.5. The van der Waals surface area contributed by atoms with E-state index in [1.165, 1.54) is 77.0 Å². The Morgan fingerprint density at radius 1 is 0.406 bits per heavy atom. The molecule has 0 unspecified atom stereocenters. The summed E-state index contributed by atoms with van der Waals surface area (Å²) in [4.78, 5) is 82.1. The van der Waals surface area contributed by atoms with Crippen LogP contribution in [0.3, 0.4) is 0 Å². The first kappa shape index (κ1) is 73.5. The Hall–Kier alpha value is -4.48. The number of esters is 4. The molecule has 0 saturated heterocycles. The molecule has 0 saturated carbocycles. The smallest absolute Gasteiger partial charge is 0.330 e. The van der Waals surface area contributed by atoms with Crippen LogP contribution < -0.4 is 10.2 Å². The third kappa shape index (κ3) is 83.9. The molecule has 0 aliphatic rings. The van der Waals surface area contributed by atoms with Gasteiger partial charge >= 0.3 is 157 Å². The molecule has 0 rings (SSSR count). The van der Waals surface area contributed by atoms with Crippen LogP contribution in [-0.4, -0.2) is 106 Å². The summed E-state index contributed by atoms with van der Waals surface area (Å²) in [5.74, 6) is -6.23. The van der Waals surface area contributed by atoms with Gasteiger partial charge in [-0.15, -0.1) is 0 Å². The summed E-state index contributed by atoms with van der Waals surface area (Å²) in [5, 5.41) is 36.0. The van der Waals surface area contributed by atoms with Crippen molar-refractivity contribution >= 4 is 68.9 Å². The van der Waals surface area contributed by atoms with Gasteiger partial charge in [0.15, 0.2) is 0 Å². The fourth-order valence-corrected chi connectivity index (χ4v) is 8.79. The van der Waals surface area contributed by atoms with Crippen LogP contribution in [0.1, 0.15) is 184 Å². The Bertz CT molecular complexity index is 1320. The number of aliphatic carboxylic acids is 4. The topological polar surface area (TPSA) is 260 Å². The second-order valence-corrected chi connectivity index (χ2v) is 20.5. The molecular formula is C52H88O16Sn. The van der Waals surface area contributed by atoms with E-state index in [9.17, 15) is 48.6 Å². The average Bonchev–Trinajstić information content (AvgIpc) is 3.28. The standard InChI is InChI=1S/2C12H20O4.2C8H17.2C6H8O4.Sn/c2*1-10(2)6-4-3-5-9-16-12(15)8-7-11(13)14;2*1-3-5-7-8-6-4-2;2*1-2-10-6(9)4-3-5(7)8;/h2*7-8,10H,3-6,9H2,1-2H3,(H,13,14);2*1,3-8H2,2H3;2*3-4H,2H2,1H3,(H,7,8);/q;;;;;;+2/p-2/b2*8-7-;;;2*4-3-;. The van der Waals surface area contributed by atoms with Gasteiger partial charge in [0.1, 0.15) is 0 Å². The minimum absolute atomic E-state index is 0.0736. The maximum atomic E-state index is 10.9. The quantitative estimate of drug-likeness (QED) is 0.0195. The van der Waals surface area contributed by atoms with Crippen molar-refractivity contribution in [2.24, 2.45) is 11.8 Å². The average molecular weight is 1090 g/mol. The second kappa shape index (κ2) is 59.6. The van der Waals surface area contributed by atoms with Crippen LogP contribution in [0.2, 0.25) is 8.87 Å². The zero-order valence-electron chi connectivity index (χ0n) is 43.3. The van der Waals surface area contributed by atoms with Crippen molar-refractivity contribution in [3.63, 3.8) is 0 Å². The van der Waals surface area contributed by atoms with Gasteiger partial charge in [0.2, 0.25) is 0 Å². The van der Waals surface area contributed by atoms with E-state index >= 15 is 0 Å². The summed E-state index contributed by atoms with van der Waals surface area (Å²) in [7, 11) is 0. The maximum Gasteiger partial charge on any atom is 0.330 e. The molecule has 0 radical (unpaired) electrons. The first-order chi connectivity index (χ1) is 32.8. The van der Waals surface area contributed by atoms with E-state index in [0.29, 0.717) is 37.2 Å². The van der Waals surface area contributed by atoms with E-state index in [1.807, 2.05) is 0 Å². The van der Waals surface area contributed by atoms with Crippen molar-refractivity contribution in [3.8, 4) is 0 Å². The molecule has 0 aromatic carbocycles. The summed E-state index contributed by atoms with van der Waals surface area (Å²) in [6, 6.07) is 0. The summed E-state index contributed by atoms with van der Waals surface area (Å²) in [5.41, 5.74) is 0. The SMILES string of the molecule is CC(C)CCCCCOC(=O)/C=C\C(=O)[O-].CC(C)CCCCCOC(=O)/C=C\C(=O)[O-].CCCCCCC[CH2][Sn+2][CH2]CCCCCCC.CCOC(=O)/C=C\C(=O)O.CCOC(=O)/C=C\C(=O)O. The van der Waals surface area contributed by atoms with Crippen molar-refractivity contribution in [1.82, 2.24) is 0 Å². The van der Waals surface area contributed by atoms with E-state index in [0.717, 1.165) is 75.0 Å². The van der Waals surface area contributed by atoms with Gasteiger partial charge in [-0.05, 0) is 50.7 Å². The fourth-order valence-electron chi connectivity index (χ4n) is 5.22. The molecule has 0 aliphatic heterocycles. The van der Waals surface area contributed by atoms with Gasteiger partial charge < -0.3 is 49.0 Å². The van der Waals surface area contributed by atoms with E-state index in [4.69, 9.17) is 19.7 Å². The van der Waals surface area contributed by atoms with Crippen molar-refractivity contribution in [2.45, 2.75) is 193 Å². The molecule has 0 aromatic rings. The van der Waals surface area contributed by atoms with Crippen molar-refractivity contribution < 1.29 is 77.7 Å². The second-order valence-electron chi connectivity index (χ2n) is 16.3. The minimum atomic E-state index is -1.39. The Morgan fingerprint density at radius 3 is 0.986 bits per heavy atom. The first-order valence-corrected chi connectivity index (χ1v) is 28.8.